The number of rotatable bonds is 5. The molecule has 0 unspecified atom stereocenters. The summed E-state index contributed by atoms with van der Waals surface area (Å²) in [7, 11) is 0. The third-order valence-corrected chi connectivity index (χ3v) is 6.59. The Hall–Kier alpha value is -1.91. The largest absolute Gasteiger partial charge is 0.467 e. The van der Waals surface area contributed by atoms with Gasteiger partial charge in [-0.3, -0.25) is 0 Å². The van der Waals surface area contributed by atoms with Gasteiger partial charge in [0.25, 0.3) is 0 Å². The van der Waals surface area contributed by atoms with E-state index in [-0.39, 0.29) is 13.4 Å². The summed E-state index contributed by atoms with van der Waals surface area (Å²) >= 11 is 14.5. The molecule has 29 heavy (non-hydrogen) atoms. The normalized spacial score (nSPS) is 12.9. The minimum atomic E-state index is -0.441. The maximum atomic E-state index is 12.5. The van der Waals surface area contributed by atoms with E-state index in [1.807, 2.05) is 6.26 Å². The van der Waals surface area contributed by atoms with Crippen molar-refractivity contribution in [1.29, 1.82) is 0 Å². The Balaban J connectivity index is 1.48. The van der Waals surface area contributed by atoms with Crippen LogP contribution in [0.1, 0.15) is 21.5 Å². The molecule has 150 valence electrons. The maximum absolute atomic E-state index is 12.5. The van der Waals surface area contributed by atoms with Crippen molar-refractivity contribution < 1.29 is 19.0 Å². The van der Waals surface area contributed by atoms with Crippen molar-refractivity contribution in [3.8, 4) is 11.4 Å². The van der Waals surface area contributed by atoms with Gasteiger partial charge >= 0.3 is 5.97 Å². The first-order valence-electron chi connectivity index (χ1n) is 8.48. The molecule has 6 nitrogen and oxygen atoms in total. The van der Waals surface area contributed by atoms with E-state index in [4.69, 9.17) is 38.0 Å². The molecule has 0 radical (unpaired) electrons. The lowest BCUT2D eigenvalue weighted by molar-refractivity contribution is -0.0180. The van der Waals surface area contributed by atoms with Gasteiger partial charge in [-0.25, -0.2) is 9.48 Å². The zero-order valence-corrected chi connectivity index (χ0v) is 18.4. The van der Waals surface area contributed by atoms with Crippen LogP contribution in [0.15, 0.2) is 40.7 Å². The molecular weight excluding hydrogens is 452 g/mol. The molecule has 1 aliphatic heterocycles. The molecule has 2 aromatic carbocycles. The van der Waals surface area contributed by atoms with Crippen LogP contribution in [0.2, 0.25) is 5.02 Å². The predicted molar refractivity (Wildman–Crippen MR) is 115 cm³/mol. The fourth-order valence-corrected chi connectivity index (χ4v) is 4.88. The van der Waals surface area contributed by atoms with Gasteiger partial charge in [-0.1, -0.05) is 34.7 Å². The van der Waals surface area contributed by atoms with Crippen LogP contribution in [0, 0.1) is 3.95 Å². The topological polar surface area (TPSA) is 62.6 Å². The number of esters is 1. The van der Waals surface area contributed by atoms with Crippen LogP contribution in [0.4, 0.5) is 0 Å². The van der Waals surface area contributed by atoms with Crippen LogP contribution >= 0.6 is 46.9 Å². The zero-order valence-electron chi connectivity index (χ0n) is 15.2. The number of benzene rings is 2. The molecule has 0 bridgehead atoms. The summed E-state index contributed by atoms with van der Waals surface area (Å²) in [4.78, 5) is 12.5. The number of aromatic nitrogens is 2. The number of fused-ring (bicyclic) bond motifs is 1. The number of carbonyl (C=O) groups is 1. The lowest BCUT2D eigenvalue weighted by Crippen LogP contribution is -2.14. The zero-order chi connectivity index (χ0) is 20.4. The first-order chi connectivity index (χ1) is 14.0. The van der Waals surface area contributed by atoms with E-state index >= 15 is 0 Å². The highest BCUT2D eigenvalue weighted by molar-refractivity contribution is 8.00. The Morgan fingerprint density at radius 2 is 2.17 bits per heavy atom. The molecule has 10 heteroatoms. The fourth-order valence-electron chi connectivity index (χ4n) is 2.84. The molecule has 0 amide bonds. The van der Waals surface area contributed by atoms with E-state index in [1.54, 1.807) is 52.8 Å². The van der Waals surface area contributed by atoms with Crippen LogP contribution in [0.5, 0.6) is 5.75 Å². The van der Waals surface area contributed by atoms with Gasteiger partial charge < -0.3 is 14.2 Å². The molecule has 4 rings (SSSR count). The summed E-state index contributed by atoms with van der Waals surface area (Å²) in [5, 5.41) is 4.98. The van der Waals surface area contributed by atoms with Gasteiger partial charge in [0.15, 0.2) is 15.1 Å². The summed E-state index contributed by atoms with van der Waals surface area (Å²) in [6, 6.07) is 10.5. The Kier molecular flexibility index (Phi) is 6.21. The molecule has 1 aliphatic rings. The predicted octanol–water partition coefficient (Wildman–Crippen LogP) is 5.26. The highest BCUT2D eigenvalue weighted by Crippen LogP contribution is 2.32. The lowest BCUT2D eigenvalue weighted by atomic mass is 10.1. The van der Waals surface area contributed by atoms with Crippen molar-refractivity contribution in [1.82, 2.24) is 9.78 Å². The number of thioether (sulfide) groups is 1. The highest BCUT2D eigenvalue weighted by Gasteiger charge is 2.18. The average molecular weight is 467 g/mol. The molecule has 0 N–H and O–H groups in total. The minimum Gasteiger partial charge on any atom is -0.467 e. The Morgan fingerprint density at radius 1 is 1.38 bits per heavy atom. The molecule has 3 aromatic rings. The van der Waals surface area contributed by atoms with Gasteiger partial charge in [-0.05, 0) is 54.9 Å². The Bertz CT molecular complexity index is 1110. The molecule has 2 heterocycles. The van der Waals surface area contributed by atoms with E-state index in [2.05, 4.69) is 5.10 Å². The minimum absolute atomic E-state index is 0.0533. The average Bonchev–Trinajstić information content (AvgIpc) is 3.12. The molecule has 0 saturated carbocycles. The summed E-state index contributed by atoms with van der Waals surface area (Å²) < 4.78 is 19.5. The van der Waals surface area contributed by atoms with Gasteiger partial charge in [0.1, 0.15) is 12.4 Å². The van der Waals surface area contributed by atoms with E-state index in [0.717, 1.165) is 15.6 Å². The number of hydrogen-bond acceptors (Lipinski definition) is 8. The third-order valence-electron chi connectivity index (χ3n) is 4.16. The SMILES string of the molecule is CSc1nn(-c2ccc(C(=O)OCc3cc(Cl)cc4c3OCOC4)cc2)c(=S)s1. The summed E-state index contributed by atoms with van der Waals surface area (Å²) in [5.74, 6) is 0.218. The van der Waals surface area contributed by atoms with Crippen molar-refractivity contribution in [3.05, 3.63) is 62.1 Å². The molecule has 0 fully saturated rings. The second-order valence-electron chi connectivity index (χ2n) is 6.04. The van der Waals surface area contributed by atoms with Gasteiger partial charge in [0.05, 0.1) is 17.9 Å². The third kappa shape index (κ3) is 4.49. The number of carbonyl (C=O) groups excluding carboxylic acids is 1. The van der Waals surface area contributed by atoms with E-state index in [1.165, 1.54) is 11.3 Å². The second-order valence-corrected chi connectivity index (χ2v) is 9.15. The van der Waals surface area contributed by atoms with E-state index < -0.39 is 5.97 Å². The number of ether oxygens (including phenoxy) is 3. The summed E-state index contributed by atoms with van der Waals surface area (Å²) in [6.45, 7) is 0.627. The molecule has 0 atom stereocenters. The summed E-state index contributed by atoms with van der Waals surface area (Å²) in [6.07, 6.45) is 1.95. The van der Waals surface area contributed by atoms with Crippen molar-refractivity contribution in [2.24, 2.45) is 0 Å². The van der Waals surface area contributed by atoms with Crippen LogP contribution in [0.25, 0.3) is 5.69 Å². The summed E-state index contributed by atoms with van der Waals surface area (Å²) in [5.41, 5.74) is 2.77. The molecule has 0 spiro atoms. The van der Waals surface area contributed by atoms with Crippen LogP contribution in [-0.2, 0) is 22.7 Å². The van der Waals surface area contributed by atoms with Gasteiger partial charge in [0.2, 0.25) is 0 Å². The molecular formula is C19H15ClN2O4S3. The number of halogens is 1. The van der Waals surface area contributed by atoms with Crippen molar-refractivity contribution in [2.45, 2.75) is 17.6 Å². The van der Waals surface area contributed by atoms with Crippen molar-refractivity contribution >= 4 is 52.9 Å². The van der Waals surface area contributed by atoms with Gasteiger partial charge in [0, 0.05) is 16.1 Å². The van der Waals surface area contributed by atoms with E-state index in [0.29, 0.717) is 32.5 Å². The fraction of sp³-hybridized carbons (Fsp3) is 0.211. The molecule has 1 aromatic heterocycles. The lowest BCUT2D eigenvalue weighted by Gasteiger charge is -2.21. The highest BCUT2D eigenvalue weighted by atomic mass is 35.5. The molecule has 0 aliphatic carbocycles. The second kappa shape index (κ2) is 8.85. The van der Waals surface area contributed by atoms with Crippen LogP contribution in [-0.4, -0.2) is 28.8 Å². The quantitative estimate of drug-likeness (QED) is 0.288. The van der Waals surface area contributed by atoms with Gasteiger partial charge in [-0.15, -0.1) is 5.10 Å². The van der Waals surface area contributed by atoms with Gasteiger partial charge in [-0.2, -0.15) is 0 Å². The van der Waals surface area contributed by atoms with Crippen molar-refractivity contribution in [2.75, 3.05) is 13.0 Å². The standard InChI is InChI=1S/C19H15ClN2O4S3/c1-28-18-21-22(19(27)29-18)15-4-2-11(3-5-15)17(23)25-9-13-7-14(20)6-12-8-24-10-26-16(12)13/h2-7H,8-10H2,1H3. The van der Waals surface area contributed by atoms with Crippen molar-refractivity contribution in [3.63, 3.8) is 0 Å². The molecule has 0 saturated heterocycles. The van der Waals surface area contributed by atoms with E-state index in [9.17, 15) is 4.79 Å². The number of nitrogens with zero attached hydrogens (tertiary/aromatic N) is 2. The van der Waals surface area contributed by atoms with Crippen LogP contribution in [0.3, 0.4) is 0 Å². The Labute approximate surface area is 185 Å². The monoisotopic (exact) mass is 466 g/mol. The van der Waals surface area contributed by atoms with Crippen LogP contribution < -0.4 is 4.74 Å². The first-order valence-corrected chi connectivity index (χ1v) is 11.3. The Morgan fingerprint density at radius 3 is 2.90 bits per heavy atom. The first kappa shape index (κ1) is 20.4. The smallest absolute Gasteiger partial charge is 0.338 e. The number of hydrogen-bond donors (Lipinski definition) is 0. The maximum Gasteiger partial charge on any atom is 0.338 e.